The average Bonchev–Trinajstić information content (AvgIpc) is 1.84. The number of nitrogens with one attached hydrogen (secondary N) is 1. The smallest absolute Gasteiger partial charge is 0.294 e. The van der Waals surface area contributed by atoms with E-state index in [-0.39, 0.29) is 6.61 Å². The predicted molar refractivity (Wildman–Crippen MR) is 38.6 cm³/mol. The van der Waals surface area contributed by atoms with Crippen LogP contribution < -0.4 is 5.09 Å². The first-order valence-electron chi connectivity index (χ1n) is 3.31. The first kappa shape index (κ1) is 10.1. The van der Waals surface area contributed by atoms with Crippen molar-refractivity contribution in [3.8, 4) is 0 Å². The van der Waals surface area contributed by atoms with Crippen LogP contribution in [-0.2, 0) is 9.09 Å². The molecule has 0 aliphatic rings. The van der Waals surface area contributed by atoms with Gasteiger partial charge in [0.15, 0.2) is 0 Å². The summed E-state index contributed by atoms with van der Waals surface area (Å²) in [5, 5.41) is 2.18. The topological polar surface area (TPSA) is 38.3 Å². The van der Waals surface area contributed by atoms with Gasteiger partial charge in [-0.25, -0.2) is 9.65 Å². The molecule has 62 valence electrons. The summed E-state index contributed by atoms with van der Waals surface area (Å²) in [6, 6.07) is 0. The van der Waals surface area contributed by atoms with Crippen LogP contribution in [0.2, 0.25) is 0 Å². The Bertz CT molecular complexity index is 131. The Kier molecular flexibility index (Phi) is 4.87. The molecule has 5 heteroatoms. The molecule has 0 aliphatic carbocycles. The lowest BCUT2D eigenvalue weighted by molar-refractivity contribution is 0.294. The lowest BCUT2D eigenvalue weighted by Crippen LogP contribution is -2.10. The van der Waals surface area contributed by atoms with E-state index >= 15 is 0 Å². The van der Waals surface area contributed by atoms with E-state index < -0.39 is 7.83 Å². The second kappa shape index (κ2) is 4.83. The van der Waals surface area contributed by atoms with Gasteiger partial charge in [0.2, 0.25) is 0 Å². The predicted octanol–water partition coefficient (Wildman–Crippen LogP) is 2.10. The van der Waals surface area contributed by atoms with E-state index in [2.05, 4.69) is 9.61 Å². The van der Waals surface area contributed by atoms with Crippen LogP contribution in [0.5, 0.6) is 0 Å². The Morgan fingerprint density at radius 1 is 1.60 bits per heavy atom. The van der Waals surface area contributed by atoms with Gasteiger partial charge in [0.05, 0.1) is 6.61 Å². The van der Waals surface area contributed by atoms with Crippen molar-refractivity contribution >= 4 is 7.83 Å². The Hall–Kier alpha value is 0.0800. The molecule has 0 spiro atoms. The number of hydrogen-bond acceptors (Lipinski definition) is 2. The van der Waals surface area contributed by atoms with E-state index in [1.54, 1.807) is 6.92 Å². The molecule has 3 nitrogen and oxygen atoms in total. The van der Waals surface area contributed by atoms with Crippen molar-refractivity contribution in [2.45, 2.75) is 20.3 Å². The molecule has 0 fully saturated rings. The molecule has 0 aliphatic heterocycles. The highest BCUT2D eigenvalue weighted by molar-refractivity contribution is 7.51. The third-order valence-electron chi connectivity index (χ3n) is 0.846. The normalized spacial score (nSPS) is 16.7. The van der Waals surface area contributed by atoms with Crippen molar-refractivity contribution in [3.05, 3.63) is 0 Å². The fourth-order valence-corrected chi connectivity index (χ4v) is 1.37. The van der Waals surface area contributed by atoms with Gasteiger partial charge in [0, 0.05) is 6.54 Å². The monoisotopic (exact) mass is 169 g/mol. The molecule has 0 bridgehead atoms. The molecular formula is C5H13FNO2P. The maximum absolute atomic E-state index is 12.5. The van der Waals surface area contributed by atoms with E-state index in [4.69, 9.17) is 0 Å². The summed E-state index contributed by atoms with van der Waals surface area (Å²) in [5.41, 5.74) is 0. The molecule has 0 amide bonds. The minimum atomic E-state index is -3.96. The summed E-state index contributed by atoms with van der Waals surface area (Å²) in [7, 11) is -3.96. The van der Waals surface area contributed by atoms with E-state index in [9.17, 15) is 8.76 Å². The molecule has 0 rings (SSSR count). The maximum Gasteiger partial charge on any atom is 0.442 e. The summed E-state index contributed by atoms with van der Waals surface area (Å²) in [4.78, 5) is 0. The molecule has 1 N–H and O–H groups in total. The van der Waals surface area contributed by atoms with Gasteiger partial charge in [-0.2, -0.15) is 0 Å². The average molecular weight is 169 g/mol. The summed E-state index contributed by atoms with van der Waals surface area (Å²) in [6.45, 7) is 3.97. The lowest BCUT2D eigenvalue weighted by atomic mass is 10.5. The maximum atomic E-state index is 12.5. The van der Waals surface area contributed by atoms with Crippen LogP contribution in [0, 0.1) is 0 Å². The molecule has 1 atom stereocenters. The molecule has 0 heterocycles. The third-order valence-corrected chi connectivity index (χ3v) is 2.04. The third kappa shape index (κ3) is 4.91. The quantitative estimate of drug-likeness (QED) is 0.640. The second-order valence-corrected chi connectivity index (χ2v) is 3.34. The minimum absolute atomic E-state index is 0.129. The molecule has 0 radical (unpaired) electrons. The highest BCUT2D eigenvalue weighted by Gasteiger charge is 2.18. The molecule has 1 unspecified atom stereocenters. The molecular weight excluding hydrogens is 156 g/mol. The highest BCUT2D eigenvalue weighted by Crippen LogP contribution is 2.43. The van der Waals surface area contributed by atoms with Gasteiger partial charge >= 0.3 is 7.83 Å². The van der Waals surface area contributed by atoms with E-state index in [0.717, 1.165) is 6.42 Å². The van der Waals surface area contributed by atoms with Crippen LogP contribution >= 0.6 is 7.83 Å². The highest BCUT2D eigenvalue weighted by atomic mass is 31.2. The largest absolute Gasteiger partial charge is 0.442 e. The summed E-state index contributed by atoms with van der Waals surface area (Å²) in [5.74, 6) is 0. The van der Waals surface area contributed by atoms with Gasteiger partial charge < -0.3 is 0 Å². The van der Waals surface area contributed by atoms with Crippen molar-refractivity contribution in [3.63, 3.8) is 0 Å². The van der Waals surface area contributed by atoms with E-state index in [1.807, 2.05) is 6.92 Å². The van der Waals surface area contributed by atoms with E-state index in [1.165, 1.54) is 0 Å². The zero-order chi connectivity index (χ0) is 8.04. The van der Waals surface area contributed by atoms with Crippen LogP contribution in [-0.4, -0.2) is 13.2 Å². The minimum Gasteiger partial charge on any atom is -0.294 e. The van der Waals surface area contributed by atoms with Gasteiger partial charge in [0.25, 0.3) is 0 Å². The standard InChI is InChI=1S/C5H13FNO2P/c1-3-5-7-10(6,8)9-4-2/h3-5H2,1-2H3,(H,7,8). The molecule has 0 aromatic heterocycles. The zero-order valence-electron chi connectivity index (χ0n) is 6.26. The van der Waals surface area contributed by atoms with Gasteiger partial charge in [-0.3, -0.25) is 4.52 Å². The van der Waals surface area contributed by atoms with Crippen molar-refractivity contribution in [1.29, 1.82) is 0 Å². The fraction of sp³-hybridized carbons (Fsp3) is 1.00. The van der Waals surface area contributed by atoms with Crippen molar-refractivity contribution < 1.29 is 13.3 Å². The number of hydrogen-bond donors (Lipinski definition) is 1. The first-order valence-corrected chi connectivity index (χ1v) is 4.83. The summed E-state index contributed by atoms with van der Waals surface area (Å²) < 4.78 is 27.4. The molecule has 0 aromatic carbocycles. The van der Waals surface area contributed by atoms with Crippen LogP contribution in [0.15, 0.2) is 0 Å². The van der Waals surface area contributed by atoms with Crippen LogP contribution in [0.4, 0.5) is 4.20 Å². The van der Waals surface area contributed by atoms with Crippen LogP contribution in [0.3, 0.4) is 0 Å². The van der Waals surface area contributed by atoms with Gasteiger partial charge in [-0.1, -0.05) is 6.92 Å². The van der Waals surface area contributed by atoms with Crippen LogP contribution in [0.1, 0.15) is 20.3 Å². The van der Waals surface area contributed by atoms with Gasteiger partial charge in [0.1, 0.15) is 0 Å². The molecule has 10 heavy (non-hydrogen) atoms. The van der Waals surface area contributed by atoms with Gasteiger partial charge in [-0.05, 0) is 13.3 Å². The molecule has 0 saturated carbocycles. The first-order chi connectivity index (χ1) is 4.62. The summed E-state index contributed by atoms with van der Waals surface area (Å²) >= 11 is 0. The fourth-order valence-electron chi connectivity index (χ4n) is 0.457. The SMILES string of the molecule is CCCNP(=O)(F)OCC. The van der Waals surface area contributed by atoms with Crippen molar-refractivity contribution in [2.75, 3.05) is 13.2 Å². The van der Waals surface area contributed by atoms with Crippen LogP contribution in [0.25, 0.3) is 0 Å². The van der Waals surface area contributed by atoms with E-state index in [0.29, 0.717) is 6.54 Å². The van der Waals surface area contributed by atoms with Gasteiger partial charge in [-0.15, -0.1) is 4.20 Å². The van der Waals surface area contributed by atoms with Crippen molar-refractivity contribution in [1.82, 2.24) is 5.09 Å². The Morgan fingerprint density at radius 2 is 2.20 bits per heavy atom. The molecule has 0 saturated heterocycles. The number of rotatable bonds is 5. The summed E-state index contributed by atoms with van der Waals surface area (Å²) in [6.07, 6.45) is 0.737. The Labute approximate surface area is 60.6 Å². The Morgan fingerprint density at radius 3 is 2.60 bits per heavy atom. The second-order valence-electron chi connectivity index (χ2n) is 1.81. The molecule has 0 aromatic rings. The lowest BCUT2D eigenvalue weighted by Gasteiger charge is -2.07. The zero-order valence-corrected chi connectivity index (χ0v) is 7.16. The van der Waals surface area contributed by atoms with Crippen molar-refractivity contribution in [2.24, 2.45) is 0 Å². The Balaban J connectivity index is 3.53. The number of halogens is 1.